The van der Waals surface area contributed by atoms with Crippen LogP contribution in [0.2, 0.25) is 0 Å². The van der Waals surface area contributed by atoms with Crippen molar-refractivity contribution in [3.05, 3.63) is 23.5 Å². The molecule has 0 aliphatic heterocycles. The Morgan fingerprint density at radius 2 is 2.17 bits per heavy atom. The summed E-state index contributed by atoms with van der Waals surface area (Å²) in [5.41, 5.74) is -0.392. The van der Waals surface area contributed by atoms with Gasteiger partial charge in [0, 0.05) is 5.56 Å². The second kappa shape index (κ2) is 3.44. The standard InChI is InChI=1S/C7H7F2NO2/c8-7(9)5-1-4(3-11)6(12)2-10-5/h1-2,7,11-12H,3H2. The number of aliphatic hydroxyl groups is 1. The van der Waals surface area contributed by atoms with E-state index in [0.717, 1.165) is 12.3 Å². The molecule has 0 saturated carbocycles. The largest absolute Gasteiger partial charge is 0.506 e. The maximum absolute atomic E-state index is 12.0. The second-order valence-corrected chi connectivity index (χ2v) is 2.20. The second-order valence-electron chi connectivity index (χ2n) is 2.20. The van der Waals surface area contributed by atoms with Crippen LogP contribution in [0.25, 0.3) is 0 Å². The predicted octanol–water partition coefficient (Wildman–Crippen LogP) is 1.22. The smallest absolute Gasteiger partial charge is 0.280 e. The molecule has 0 fully saturated rings. The molecule has 3 nitrogen and oxygen atoms in total. The summed E-state index contributed by atoms with van der Waals surface area (Å²) in [5.74, 6) is -0.276. The Labute approximate surface area is 67.3 Å². The Hall–Kier alpha value is -1.23. The number of pyridine rings is 1. The van der Waals surface area contributed by atoms with Gasteiger partial charge in [-0.2, -0.15) is 0 Å². The van der Waals surface area contributed by atoms with E-state index in [2.05, 4.69) is 4.98 Å². The van der Waals surface area contributed by atoms with E-state index in [1.165, 1.54) is 0 Å². The molecule has 1 rings (SSSR count). The molecule has 66 valence electrons. The quantitative estimate of drug-likeness (QED) is 0.710. The predicted molar refractivity (Wildman–Crippen MR) is 36.8 cm³/mol. The van der Waals surface area contributed by atoms with Gasteiger partial charge in [-0.1, -0.05) is 0 Å². The van der Waals surface area contributed by atoms with Gasteiger partial charge in [0.15, 0.2) is 0 Å². The first-order valence-electron chi connectivity index (χ1n) is 3.22. The first-order chi connectivity index (χ1) is 5.65. The van der Waals surface area contributed by atoms with Gasteiger partial charge in [0.1, 0.15) is 11.4 Å². The molecule has 0 radical (unpaired) electrons. The molecule has 0 aromatic carbocycles. The number of aliphatic hydroxyl groups excluding tert-OH is 1. The van der Waals surface area contributed by atoms with Crippen LogP contribution in [0.3, 0.4) is 0 Å². The van der Waals surface area contributed by atoms with Crippen molar-refractivity contribution in [2.45, 2.75) is 13.0 Å². The number of aromatic nitrogens is 1. The van der Waals surface area contributed by atoms with Crippen molar-refractivity contribution in [1.29, 1.82) is 0 Å². The van der Waals surface area contributed by atoms with Crippen molar-refractivity contribution in [2.24, 2.45) is 0 Å². The fourth-order valence-corrected chi connectivity index (χ4v) is 0.754. The van der Waals surface area contributed by atoms with E-state index in [9.17, 15) is 8.78 Å². The summed E-state index contributed by atoms with van der Waals surface area (Å²) < 4.78 is 24.0. The van der Waals surface area contributed by atoms with Gasteiger partial charge in [-0.05, 0) is 6.07 Å². The topological polar surface area (TPSA) is 53.4 Å². The van der Waals surface area contributed by atoms with Crippen LogP contribution in [-0.4, -0.2) is 15.2 Å². The van der Waals surface area contributed by atoms with E-state index in [4.69, 9.17) is 10.2 Å². The number of hydrogen-bond acceptors (Lipinski definition) is 3. The zero-order valence-electron chi connectivity index (χ0n) is 6.04. The van der Waals surface area contributed by atoms with Crippen LogP contribution in [0.15, 0.2) is 12.3 Å². The molecule has 1 aromatic heterocycles. The van der Waals surface area contributed by atoms with Gasteiger partial charge >= 0.3 is 0 Å². The summed E-state index contributed by atoms with van der Waals surface area (Å²) in [6.45, 7) is -0.478. The molecule has 0 aliphatic carbocycles. The third-order valence-corrected chi connectivity index (χ3v) is 1.38. The van der Waals surface area contributed by atoms with E-state index in [1.807, 2.05) is 0 Å². The third kappa shape index (κ3) is 1.68. The van der Waals surface area contributed by atoms with Gasteiger partial charge in [0.2, 0.25) is 0 Å². The molecular formula is C7H7F2NO2. The number of alkyl halides is 2. The zero-order valence-corrected chi connectivity index (χ0v) is 6.04. The highest BCUT2D eigenvalue weighted by Crippen LogP contribution is 2.22. The van der Waals surface area contributed by atoms with Gasteiger partial charge in [0.05, 0.1) is 12.8 Å². The van der Waals surface area contributed by atoms with Crippen molar-refractivity contribution >= 4 is 0 Å². The zero-order chi connectivity index (χ0) is 9.14. The summed E-state index contributed by atoms with van der Waals surface area (Å²) in [7, 11) is 0. The van der Waals surface area contributed by atoms with Crippen LogP contribution in [0.5, 0.6) is 5.75 Å². The van der Waals surface area contributed by atoms with E-state index in [-0.39, 0.29) is 11.3 Å². The van der Waals surface area contributed by atoms with Crippen LogP contribution in [0.1, 0.15) is 17.7 Å². The van der Waals surface area contributed by atoms with Gasteiger partial charge in [0.25, 0.3) is 6.43 Å². The fraction of sp³-hybridized carbons (Fsp3) is 0.286. The number of halogens is 2. The normalized spacial score (nSPS) is 10.7. The number of hydrogen-bond donors (Lipinski definition) is 2. The number of rotatable bonds is 2. The third-order valence-electron chi connectivity index (χ3n) is 1.38. The lowest BCUT2D eigenvalue weighted by Gasteiger charge is -2.02. The molecule has 2 N–H and O–H groups in total. The fourth-order valence-electron chi connectivity index (χ4n) is 0.754. The van der Waals surface area contributed by atoms with Crippen molar-refractivity contribution in [2.75, 3.05) is 0 Å². The molecule has 0 spiro atoms. The van der Waals surface area contributed by atoms with E-state index < -0.39 is 18.7 Å². The van der Waals surface area contributed by atoms with Gasteiger partial charge in [-0.15, -0.1) is 0 Å². The molecule has 5 heteroatoms. The summed E-state index contributed by atoms with van der Waals surface area (Å²) in [5, 5.41) is 17.5. The Morgan fingerprint density at radius 3 is 2.67 bits per heavy atom. The lowest BCUT2D eigenvalue weighted by atomic mass is 10.2. The lowest BCUT2D eigenvalue weighted by Crippen LogP contribution is -1.93. The van der Waals surface area contributed by atoms with Crippen molar-refractivity contribution < 1.29 is 19.0 Å². The molecule has 0 amide bonds. The highest BCUT2D eigenvalue weighted by atomic mass is 19.3. The highest BCUT2D eigenvalue weighted by Gasteiger charge is 2.10. The minimum Gasteiger partial charge on any atom is -0.506 e. The SMILES string of the molecule is OCc1cc(C(F)F)ncc1O. The summed E-state index contributed by atoms with van der Waals surface area (Å²) in [6.07, 6.45) is -1.79. The van der Waals surface area contributed by atoms with Gasteiger partial charge in [-0.3, -0.25) is 4.98 Å². The molecule has 0 unspecified atom stereocenters. The molecule has 0 aliphatic rings. The monoisotopic (exact) mass is 175 g/mol. The van der Waals surface area contributed by atoms with Crippen LogP contribution in [0.4, 0.5) is 8.78 Å². The number of aromatic hydroxyl groups is 1. The van der Waals surface area contributed by atoms with Crippen LogP contribution in [-0.2, 0) is 6.61 Å². The maximum Gasteiger partial charge on any atom is 0.280 e. The Kier molecular flexibility index (Phi) is 2.54. The summed E-state index contributed by atoms with van der Waals surface area (Å²) in [6, 6.07) is 0.972. The Morgan fingerprint density at radius 1 is 1.50 bits per heavy atom. The average molecular weight is 175 g/mol. The first-order valence-corrected chi connectivity index (χ1v) is 3.22. The maximum atomic E-state index is 12.0. The van der Waals surface area contributed by atoms with Crippen molar-refractivity contribution in [3.8, 4) is 5.75 Å². The van der Waals surface area contributed by atoms with E-state index >= 15 is 0 Å². The molecule has 1 heterocycles. The minimum atomic E-state index is -2.68. The molecule has 0 saturated heterocycles. The molecule has 1 aromatic rings. The minimum absolute atomic E-state index is 0.0558. The molecule has 0 bridgehead atoms. The van der Waals surface area contributed by atoms with Crippen LogP contribution < -0.4 is 0 Å². The summed E-state index contributed by atoms with van der Waals surface area (Å²) in [4.78, 5) is 3.28. The Bertz CT molecular complexity index is 278. The van der Waals surface area contributed by atoms with E-state index in [1.54, 1.807) is 0 Å². The van der Waals surface area contributed by atoms with E-state index in [0.29, 0.717) is 0 Å². The van der Waals surface area contributed by atoms with Gasteiger partial charge < -0.3 is 10.2 Å². The van der Waals surface area contributed by atoms with Crippen molar-refractivity contribution in [3.63, 3.8) is 0 Å². The van der Waals surface area contributed by atoms with Gasteiger partial charge in [-0.25, -0.2) is 8.78 Å². The molecule has 0 atom stereocenters. The summed E-state index contributed by atoms with van der Waals surface area (Å²) >= 11 is 0. The van der Waals surface area contributed by atoms with Crippen LogP contribution >= 0.6 is 0 Å². The molecule has 12 heavy (non-hydrogen) atoms. The lowest BCUT2D eigenvalue weighted by molar-refractivity contribution is 0.145. The highest BCUT2D eigenvalue weighted by molar-refractivity contribution is 5.30. The first kappa shape index (κ1) is 8.86. The van der Waals surface area contributed by atoms with Crippen LogP contribution in [0, 0.1) is 0 Å². The number of nitrogens with zero attached hydrogens (tertiary/aromatic N) is 1. The Balaban J connectivity index is 3.05. The molecular weight excluding hydrogens is 168 g/mol. The van der Waals surface area contributed by atoms with Crippen molar-refractivity contribution in [1.82, 2.24) is 4.98 Å². The average Bonchev–Trinajstić information content (AvgIpc) is 2.05.